The fourth-order valence-electron chi connectivity index (χ4n) is 3.31. The number of thioether (sulfide) groups is 1. The summed E-state index contributed by atoms with van der Waals surface area (Å²) >= 11 is 1.64. The molecule has 0 fully saturated rings. The second-order valence-corrected chi connectivity index (χ2v) is 7.30. The molecule has 27 heavy (non-hydrogen) atoms. The molecule has 1 aliphatic rings. The van der Waals surface area contributed by atoms with E-state index in [1.165, 1.54) is 12.0 Å². The molecular weight excluding hydrogens is 356 g/mol. The van der Waals surface area contributed by atoms with Gasteiger partial charge in [-0.15, -0.1) is 22.0 Å². The molecular formula is C21H26N4OS. The van der Waals surface area contributed by atoms with Gasteiger partial charge in [-0.05, 0) is 49.1 Å². The smallest absolute Gasteiger partial charge is 0.172 e. The zero-order chi connectivity index (χ0) is 19.4. The highest BCUT2D eigenvalue weighted by atomic mass is 32.2. The van der Waals surface area contributed by atoms with Crippen LogP contribution in [-0.2, 0) is 0 Å². The van der Waals surface area contributed by atoms with E-state index < -0.39 is 0 Å². The van der Waals surface area contributed by atoms with Crippen LogP contribution in [0.25, 0.3) is 22.6 Å². The van der Waals surface area contributed by atoms with E-state index in [2.05, 4.69) is 28.2 Å². The fraction of sp³-hybridized carbons (Fsp3) is 0.381. The third kappa shape index (κ3) is 3.86. The highest BCUT2D eigenvalue weighted by molar-refractivity contribution is 7.98. The maximum Gasteiger partial charge on any atom is 0.172 e. The van der Waals surface area contributed by atoms with Crippen molar-refractivity contribution in [2.24, 2.45) is 5.92 Å². The molecule has 2 aromatic heterocycles. The van der Waals surface area contributed by atoms with Crippen molar-refractivity contribution in [3.8, 4) is 17.1 Å². The summed E-state index contributed by atoms with van der Waals surface area (Å²) < 4.78 is 1.92. The van der Waals surface area contributed by atoms with Crippen molar-refractivity contribution < 1.29 is 5.11 Å². The van der Waals surface area contributed by atoms with Crippen LogP contribution >= 0.6 is 11.8 Å². The second-order valence-electron chi connectivity index (χ2n) is 6.51. The van der Waals surface area contributed by atoms with E-state index in [0.717, 1.165) is 40.6 Å². The SMILES string of the molecule is CC.CSc1ncn2c(-c3cccc(O)c3)nnc2c1C1=CCC(C)CC1. The lowest BCUT2D eigenvalue weighted by Gasteiger charge is -2.19. The van der Waals surface area contributed by atoms with Crippen LogP contribution in [-0.4, -0.2) is 30.9 Å². The average molecular weight is 383 g/mol. The molecule has 0 aliphatic heterocycles. The maximum atomic E-state index is 9.76. The van der Waals surface area contributed by atoms with Gasteiger partial charge in [0.1, 0.15) is 17.1 Å². The van der Waals surface area contributed by atoms with E-state index in [4.69, 9.17) is 0 Å². The number of hydrogen-bond donors (Lipinski definition) is 1. The summed E-state index contributed by atoms with van der Waals surface area (Å²) in [5.41, 5.74) is 4.07. The largest absolute Gasteiger partial charge is 0.508 e. The Labute approximate surface area is 164 Å². The molecule has 0 amide bonds. The van der Waals surface area contributed by atoms with Gasteiger partial charge in [-0.1, -0.05) is 39.0 Å². The molecule has 2 heterocycles. The molecule has 4 rings (SSSR count). The minimum Gasteiger partial charge on any atom is -0.508 e. The second kappa shape index (κ2) is 8.57. The van der Waals surface area contributed by atoms with Crippen molar-refractivity contribution in [2.45, 2.75) is 45.1 Å². The molecule has 1 atom stereocenters. The molecule has 142 valence electrons. The standard InChI is InChI=1S/C19H20N4OS.C2H6/c1-12-6-8-13(9-7-12)16-18-22-21-17(14-4-3-5-15(24)10-14)23(18)11-20-19(16)25-2;1-2/h3-5,8,10-12,24H,6-7,9H2,1-2H3;1-2H3. The van der Waals surface area contributed by atoms with Gasteiger partial charge >= 0.3 is 0 Å². The molecule has 1 aliphatic carbocycles. The Balaban J connectivity index is 0.00000102. The summed E-state index contributed by atoms with van der Waals surface area (Å²) in [4.78, 5) is 4.64. The zero-order valence-electron chi connectivity index (χ0n) is 16.3. The summed E-state index contributed by atoms with van der Waals surface area (Å²) in [5.74, 6) is 1.64. The summed E-state index contributed by atoms with van der Waals surface area (Å²) in [5, 5.41) is 19.6. The first-order chi connectivity index (χ1) is 13.2. The predicted molar refractivity (Wildman–Crippen MR) is 112 cm³/mol. The van der Waals surface area contributed by atoms with Crippen molar-refractivity contribution in [2.75, 3.05) is 6.26 Å². The molecule has 1 N–H and O–H groups in total. The normalized spacial score (nSPS) is 16.6. The first kappa shape index (κ1) is 19.4. The van der Waals surface area contributed by atoms with Gasteiger partial charge < -0.3 is 5.11 Å². The number of allylic oxidation sites excluding steroid dienone is 2. The monoisotopic (exact) mass is 382 g/mol. The topological polar surface area (TPSA) is 63.3 Å². The highest BCUT2D eigenvalue weighted by Crippen LogP contribution is 2.36. The Morgan fingerprint density at radius 3 is 2.70 bits per heavy atom. The van der Waals surface area contributed by atoms with Crippen LogP contribution in [0.4, 0.5) is 0 Å². The van der Waals surface area contributed by atoms with Crippen molar-refractivity contribution in [3.05, 3.63) is 42.2 Å². The molecule has 1 unspecified atom stereocenters. The summed E-state index contributed by atoms with van der Waals surface area (Å²) in [6.45, 7) is 6.29. The summed E-state index contributed by atoms with van der Waals surface area (Å²) in [7, 11) is 0. The molecule has 0 saturated heterocycles. The van der Waals surface area contributed by atoms with E-state index in [0.29, 0.717) is 5.82 Å². The number of hydrogen-bond acceptors (Lipinski definition) is 5. The van der Waals surface area contributed by atoms with Gasteiger partial charge in [0.2, 0.25) is 0 Å². The van der Waals surface area contributed by atoms with E-state index >= 15 is 0 Å². The number of aromatic nitrogens is 4. The first-order valence-electron chi connectivity index (χ1n) is 9.44. The van der Waals surface area contributed by atoms with Crippen LogP contribution in [0.15, 0.2) is 41.7 Å². The lowest BCUT2D eigenvalue weighted by atomic mass is 9.88. The van der Waals surface area contributed by atoms with E-state index in [-0.39, 0.29) is 5.75 Å². The number of fused-ring (bicyclic) bond motifs is 1. The Bertz CT molecular complexity index is 964. The Kier molecular flexibility index (Phi) is 6.16. The van der Waals surface area contributed by atoms with E-state index in [9.17, 15) is 5.11 Å². The van der Waals surface area contributed by atoms with E-state index in [1.807, 2.05) is 30.6 Å². The predicted octanol–water partition coefficient (Wildman–Crippen LogP) is 5.45. The van der Waals surface area contributed by atoms with Crippen LogP contribution in [0.3, 0.4) is 0 Å². The quantitative estimate of drug-likeness (QED) is 0.482. The van der Waals surface area contributed by atoms with Crippen LogP contribution < -0.4 is 0 Å². The number of phenols is 1. The third-order valence-electron chi connectivity index (χ3n) is 4.72. The van der Waals surface area contributed by atoms with Crippen molar-refractivity contribution >= 4 is 23.0 Å². The van der Waals surface area contributed by atoms with Gasteiger partial charge in [0.15, 0.2) is 11.5 Å². The summed E-state index contributed by atoms with van der Waals surface area (Å²) in [6.07, 6.45) is 9.47. The van der Waals surface area contributed by atoms with Gasteiger partial charge in [-0.2, -0.15) is 0 Å². The molecule has 0 spiro atoms. The molecule has 3 aromatic rings. The van der Waals surface area contributed by atoms with Gasteiger partial charge in [0, 0.05) is 5.56 Å². The fourth-order valence-corrected chi connectivity index (χ4v) is 3.89. The molecule has 6 heteroatoms. The number of nitrogens with zero attached hydrogens (tertiary/aromatic N) is 4. The van der Waals surface area contributed by atoms with E-state index in [1.54, 1.807) is 36.3 Å². The molecule has 0 radical (unpaired) electrons. The highest BCUT2D eigenvalue weighted by Gasteiger charge is 2.21. The van der Waals surface area contributed by atoms with Gasteiger partial charge in [-0.3, -0.25) is 4.40 Å². The Morgan fingerprint density at radius 2 is 2.04 bits per heavy atom. The lowest BCUT2D eigenvalue weighted by molar-refractivity contribution is 0.475. The van der Waals surface area contributed by atoms with Crippen molar-refractivity contribution in [3.63, 3.8) is 0 Å². The molecule has 0 saturated carbocycles. The average Bonchev–Trinajstić information content (AvgIpc) is 3.13. The number of aromatic hydroxyl groups is 1. The van der Waals surface area contributed by atoms with Gasteiger partial charge in [0.05, 0.1) is 5.56 Å². The van der Waals surface area contributed by atoms with Crippen molar-refractivity contribution in [1.29, 1.82) is 0 Å². The van der Waals surface area contributed by atoms with Crippen LogP contribution in [0, 0.1) is 5.92 Å². The van der Waals surface area contributed by atoms with Crippen LogP contribution in [0.2, 0.25) is 0 Å². The lowest BCUT2D eigenvalue weighted by Crippen LogP contribution is -2.05. The first-order valence-corrected chi connectivity index (χ1v) is 10.7. The van der Waals surface area contributed by atoms with Gasteiger partial charge in [-0.25, -0.2) is 4.98 Å². The van der Waals surface area contributed by atoms with Crippen LogP contribution in [0.5, 0.6) is 5.75 Å². The minimum absolute atomic E-state index is 0.215. The third-order valence-corrected chi connectivity index (χ3v) is 5.41. The van der Waals surface area contributed by atoms with Crippen LogP contribution in [0.1, 0.15) is 45.6 Å². The molecule has 5 nitrogen and oxygen atoms in total. The number of phenolic OH excluding ortho intramolecular Hbond substituents is 1. The number of rotatable bonds is 3. The molecule has 0 bridgehead atoms. The minimum atomic E-state index is 0.215. The summed E-state index contributed by atoms with van der Waals surface area (Å²) in [6, 6.07) is 7.07. The Morgan fingerprint density at radius 1 is 1.22 bits per heavy atom. The van der Waals surface area contributed by atoms with Crippen molar-refractivity contribution in [1.82, 2.24) is 19.6 Å². The Hall–Kier alpha value is -2.34. The zero-order valence-corrected chi connectivity index (χ0v) is 17.1. The number of benzene rings is 1. The van der Waals surface area contributed by atoms with Gasteiger partial charge in [0.25, 0.3) is 0 Å². The maximum absolute atomic E-state index is 9.76. The molecule has 1 aromatic carbocycles.